The summed E-state index contributed by atoms with van der Waals surface area (Å²) in [6, 6.07) is 21.1. The van der Waals surface area contributed by atoms with E-state index in [9.17, 15) is 9.90 Å². The van der Waals surface area contributed by atoms with E-state index in [0.717, 1.165) is 5.56 Å². The van der Waals surface area contributed by atoms with Crippen molar-refractivity contribution in [2.45, 2.75) is 0 Å². The quantitative estimate of drug-likeness (QED) is 0.554. The molecule has 5 heteroatoms. The molecule has 4 nitrogen and oxygen atoms in total. The summed E-state index contributed by atoms with van der Waals surface area (Å²) in [7, 11) is 0. The number of rotatable bonds is 3. The van der Waals surface area contributed by atoms with Crippen LogP contribution in [0.3, 0.4) is 0 Å². The van der Waals surface area contributed by atoms with Crippen molar-refractivity contribution in [1.29, 1.82) is 0 Å². The van der Waals surface area contributed by atoms with Gasteiger partial charge in [0, 0.05) is 5.02 Å². The SMILES string of the molecule is O=c1c2ccccc2nc(/C=C/c2ccc(Cl)cc2)n1-c1ccc(O)cc1. The Morgan fingerprint density at radius 3 is 2.33 bits per heavy atom. The van der Waals surface area contributed by atoms with Gasteiger partial charge in [0.15, 0.2) is 0 Å². The highest BCUT2D eigenvalue weighted by Gasteiger charge is 2.11. The highest BCUT2D eigenvalue weighted by atomic mass is 35.5. The average Bonchev–Trinajstić information content (AvgIpc) is 2.69. The van der Waals surface area contributed by atoms with Crippen LogP contribution in [0.5, 0.6) is 5.75 Å². The van der Waals surface area contributed by atoms with Crippen LogP contribution in [0.25, 0.3) is 28.7 Å². The van der Waals surface area contributed by atoms with Crippen molar-refractivity contribution < 1.29 is 5.11 Å². The topological polar surface area (TPSA) is 55.1 Å². The molecule has 0 unspecified atom stereocenters. The molecule has 0 fully saturated rings. The smallest absolute Gasteiger partial charge is 0.266 e. The Kier molecular flexibility index (Phi) is 4.48. The van der Waals surface area contributed by atoms with E-state index in [1.807, 2.05) is 48.5 Å². The van der Waals surface area contributed by atoms with Crippen LogP contribution in [0.4, 0.5) is 0 Å². The fourth-order valence-electron chi connectivity index (χ4n) is 2.86. The van der Waals surface area contributed by atoms with Gasteiger partial charge in [-0.15, -0.1) is 0 Å². The highest BCUT2D eigenvalue weighted by Crippen LogP contribution is 2.18. The average molecular weight is 375 g/mol. The number of aromatic hydroxyl groups is 1. The molecule has 0 radical (unpaired) electrons. The molecule has 0 aliphatic carbocycles. The van der Waals surface area contributed by atoms with Crippen molar-refractivity contribution >= 4 is 34.7 Å². The molecule has 1 heterocycles. The minimum absolute atomic E-state index is 0.138. The Balaban J connectivity index is 1.92. The third-order valence-electron chi connectivity index (χ3n) is 4.20. The summed E-state index contributed by atoms with van der Waals surface area (Å²) in [5.41, 5.74) is 2.04. The molecule has 0 saturated heterocycles. The lowest BCUT2D eigenvalue weighted by atomic mass is 10.2. The van der Waals surface area contributed by atoms with E-state index in [4.69, 9.17) is 11.6 Å². The molecule has 4 aromatic rings. The molecule has 132 valence electrons. The second-order valence-corrected chi connectivity index (χ2v) is 6.47. The molecule has 4 rings (SSSR count). The fraction of sp³-hybridized carbons (Fsp3) is 0. The van der Waals surface area contributed by atoms with E-state index in [0.29, 0.717) is 27.4 Å². The Morgan fingerprint density at radius 1 is 0.889 bits per heavy atom. The number of benzene rings is 3. The predicted octanol–water partition coefficient (Wildman–Crippen LogP) is 4.92. The van der Waals surface area contributed by atoms with Gasteiger partial charge in [-0.05, 0) is 60.2 Å². The number of para-hydroxylation sites is 1. The number of nitrogens with zero attached hydrogens (tertiary/aromatic N) is 2. The number of hydrogen-bond acceptors (Lipinski definition) is 3. The molecule has 0 atom stereocenters. The number of fused-ring (bicyclic) bond motifs is 1. The van der Waals surface area contributed by atoms with Crippen LogP contribution in [-0.2, 0) is 0 Å². The number of halogens is 1. The second kappa shape index (κ2) is 7.09. The van der Waals surface area contributed by atoms with E-state index >= 15 is 0 Å². The maximum atomic E-state index is 13.1. The molecule has 0 aliphatic rings. The van der Waals surface area contributed by atoms with Gasteiger partial charge in [0.2, 0.25) is 0 Å². The summed E-state index contributed by atoms with van der Waals surface area (Å²) in [6.07, 6.45) is 3.67. The van der Waals surface area contributed by atoms with Crippen LogP contribution in [-0.4, -0.2) is 14.7 Å². The minimum atomic E-state index is -0.165. The van der Waals surface area contributed by atoms with Crippen molar-refractivity contribution in [2.24, 2.45) is 0 Å². The summed E-state index contributed by atoms with van der Waals surface area (Å²) < 4.78 is 1.54. The largest absolute Gasteiger partial charge is 0.508 e. The lowest BCUT2D eigenvalue weighted by Crippen LogP contribution is -2.22. The van der Waals surface area contributed by atoms with Gasteiger partial charge < -0.3 is 5.11 Å². The Labute approximate surface area is 160 Å². The lowest BCUT2D eigenvalue weighted by molar-refractivity contribution is 0.475. The first-order valence-corrected chi connectivity index (χ1v) is 8.74. The van der Waals surface area contributed by atoms with Crippen molar-refractivity contribution in [3.05, 3.63) is 99.6 Å². The van der Waals surface area contributed by atoms with Crippen molar-refractivity contribution in [3.63, 3.8) is 0 Å². The van der Waals surface area contributed by atoms with Gasteiger partial charge in [-0.2, -0.15) is 0 Å². The molecule has 0 bridgehead atoms. The van der Waals surface area contributed by atoms with Gasteiger partial charge in [0.25, 0.3) is 5.56 Å². The fourth-order valence-corrected chi connectivity index (χ4v) is 2.98. The molecular weight excluding hydrogens is 360 g/mol. The van der Waals surface area contributed by atoms with E-state index < -0.39 is 0 Å². The van der Waals surface area contributed by atoms with Crippen molar-refractivity contribution in [1.82, 2.24) is 9.55 Å². The second-order valence-electron chi connectivity index (χ2n) is 6.03. The maximum absolute atomic E-state index is 13.1. The van der Waals surface area contributed by atoms with Crippen LogP contribution in [0.1, 0.15) is 11.4 Å². The van der Waals surface area contributed by atoms with Gasteiger partial charge >= 0.3 is 0 Å². The summed E-state index contributed by atoms with van der Waals surface area (Å²) in [5, 5.41) is 10.8. The van der Waals surface area contributed by atoms with E-state index in [1.165, 1.54) is 4.57 Å². The zero-order chi connectivity index (χ0) is 18.8. The van der Waals surface area contributed by atoms with Crippen LogP contribution in [0.15, 0.2) is 77.6 Å². The molecule has 0 saturated carbocycles. The molecule has 1 N–H and O–H groups in total. The zero-order valence-electron chi connectivity index (χ0n) is 14.2. The summed E-state index contributed by atoms with van der Waals surface area (Å²) >= 11 is 5.93. The van der Waals surface area contributed by atoms with Gasteiger partial charge in [-0.3, -0.25) is 9.36 Å². The number of aromatic nitrogens is 2. The molecule has 0 aliphatic heterocycles. The molecule has 27 heavy (non-hydrogen) atoms. The Morgan fingerprint density at radius 2 is 1.59 bits per heavy atom. The van der Waals surface area contributed by atoms with E-state index in [-0.39, 0.29) is 11.3 Å². The minimum Gasteiger partial charge on any atom is -0.508 e. The van der Waals surface area contributed by atoms with Gasteiger partial charge in [0.1, 0.15) is 11.6 Å². The molecule has 3 aromatic carbocycles. The third kappa shape index (κ3) is 3.48. The van der Waals surface area contributed by atoms with E-state index in [2.05, 4.69) is 4.98 Å². The molecular formula is C22H15ClN2O2. The third-order valence-corrected chi connectivity index (χ3v) is 4.46. The highest BCUT2D eigenvalue weighted by molar-refractivity contribution is 6.30. The van der Waals surface area contributed by atoms with Crippen LogP contribution in [0.2, 0.25) is 5.02 Å². The van der Waals surface area contributed by atoms with Gasteiger partial charge in [0.05, 0.1) is 16.6 Å². The summed E-state index contributed by atoms with van der Waals surface area (Å²) in [4.78, 5) is 17.8. The van der Waals surface area contributed by atoms with Crippen molar-refractivity contribution in [3.8, 4) is 11.4 Å². The maximum Gasteiger partial charge on any atom is 0.266 e. The van der Waals surface area contributed by atoms with Crippen LogP contribution < -0.4 is 5.56 Å². The molecule has 0 amide bonds. The van der Waals surface area contributed by atoms with Crippen molar-refractivity contribution in [2.75, 3.05) is 0 Å². The standard InChI is InChI=1S/C22H15ClN2O2/c23-16-8-5-15(6-9-16)7-14-21-24-20-4-2-1-3-19(20)22(27)25(21)17-10-12-18(26)13-11-17/h1-14,26H/b14-7+. The monoisotopic (exact) mass is 374 g/mol. The number of phenolic OH excluding ortho intramolecular Hbond substituents is 1. The first kappa shape index (κ1) is 17.1. The number of hydrogen-bond donors (Lipinski definition) is 1. The van der Waals surface area contributed by atoms with Gasteiger partial charge in [-0.1, -0.05) is 41.9 Å². The number of phenols is 1. The summed E-state index contributed by atoms with van der Waals surface area (Å²) in [5.74, 6) is 0.637. The first-order valence-electron chi connectivity index (χ1n) is 8.37. The summed E-state index contributed by atoms with van der Waals surface area (Å²) in [6.45, 7) is 0. The predicted molar refractivity (Wildman–Crippen MR) is 109 cm³/mol. The van der Waals surface area contributed by atoms with Crippen LogP contribution in [0, 0.1) is 0 Å². The molecule has 0 spiro atoms. The van der Waals surface area contributed by atoms with Gasteiger partial charge in [-0.25, -0.2) is 4.98 Å². The first-order chi connectivity index (χ1) is 13.1. The molecule has 1 aromatic heterocycles. The lowest BCUT2D eigenvalue weighted by Gasteiger charge is -2.11. The van der Waals surface area contributed by atoms with E-state index in [1.54, 1.807) is 36.4 Å². The normalized spacial score (nSPS) is 11.3. The van der Waals surface area contributed by atoms with Crippen LogP contribution >= 0.6 is 11.6 Å². The Hall–Kier alpha value is -3.37. The Bertz CT molecular complexity index is 1190. The zero-order valence-corrected chi connectivity index (χ0v) is 15.0.